The first-order valence-corrected chi connectivity index (χ1v) is 9.13. The fraction of sp³-hybridized carbons (Fsp3) is 0.273. The first-order valence-electron chi connectivity index (χ1n) is 5.33. The van der Waals surface area contributed by atoms with Gasteiger partial charge >= 0.3 is 0 Å². The third kappa shape index (κ3) is 3.52. The summed E-state index contributed by atoms with van der Waals surface area (Å²) in [5, 5.41) is 8.08. The van der Waals surface area contributed by atoms with Gasteiger partial charge in [-0.05, 0) is 15.9 Å². The molecule has 0 spiro atoms. The van der Waals surface area contributed by atoms with Gasteiger partial charge in [-0.3, -0.25) is 9.48 Å². The molecule has 5 nitrogen and oxygen atoms in total. The average molecular weight is 363 g/mol. The standard InChI is InChI=1S/C11H11BrN2O3S2/c1-19(16,17)3-2-14-4-8(5-15)11(13-14)9-6-18-7-10(9)12/h4-7H,2-3H2,1H3. The van der Waals surface area contributed by atoms with Crippen LogP contribution in [0.5, 0.6) is 0 Å². The van der Waals surface area contributed by atoms with Crippen LogP contribution < -0.4 is 0 Å². The van der Waals surface area contributed by atoms with Crippen molar-refractivity contribution in [3.05, 3.63) is 27.0 Å². The number of aryl methyl sites for hydroxylation is 1. The van der Waals surface area contributed by atoms with Gasteiger partial charge in [0, 0.05) is 33.2 Å². The highest BCUT2D eigenvalue weighted by atomic mass is 79.9. The molecule has 0 amide bonds. The quantitative estimate of drug-likeness (QED) is 0.764. The molecule has 0 saturated carbocycles. The fourth-order valence-corrected chi connectivity index (χ4v) is 3.54. The first kappa shape index (κ1) is 14.4. The Labute approximate surface area is 123 Å². The normalized spacial score (nSPS) is 11.7. The van der Waals surface area contributed by atoms with Gasteiger partial charge in [-0.15, -0.1) is 0 Å². The lowest BCUT2D eigenvalue weighted by molar-refractivity contribution is 0.112. The van der Waals surface area contributed by atoms with Crippen LogP contribution in [0.4, 0.5) is 0 Å². The van der Waals surface area contributed by atoms with E-state index in [1.54, 1.807) is 6.20 Å². The van der Waals surface area contributed by atoms with Gasteiger partial charge in [-0.2, -0.15) is 16.4 Å². The van der Waals surface area contributed by atoms with Gasteiger partial charge < -0.3 is 0 Å². The number of sulfone groups is 1. The van der Waals surface area contributed by atoms with E-state index in [2.05, 4.69) is 21.0 Å². The minimum atomic E-state index is -3.05. The summed E-state index contributed by atoms with van der Waals surface area (Å²) < 4.78 is 24.6. The predicted molar refractivity (Wildman–Crippen MR) is 78.3 cm³/mol. The summed E-state index contributed by atoms with van der Waals surface area (Å²) >= 11 is 4.89. The lowest BCUT2D eigenvalue weighted by Crippen LogP contribution is -2.11. The number of hydrogen-bond acceptors (Lipinski definition) is 5. The summed E-state index contributed by atoms with van der Waals surface area (Å²) in [5.41, 5.74) is 1.86. The molecule has 19 heavy (non-hydrogen) atoms. The van der Waals surface area contributed by atoms with Gasteiger partial charge in [0.15, 0.2) is 6.29 Å². The number of nitrogens with zero attached hydrogens (tertiary/aromatic N) is 2. The maximum atomic E-state index is 11.1. The Morgan fingerprint density at radius 2 is 2.21 bits per heavy atom. The highest BCUT2D eigenvalue weighted by molar-refractivity contribution is 9.10. The summed E-state index contributed by atoms with van der Waals surface area (Å²) in [5.74, 6) is -0.00275. The van der Waals surface area contributed by atoms with E-state index in [0.29, 0.717) is 11.3 Å². The second-order valence-corrected chi connectivity index (χ2v) is 7.93. The Balaban J connectivity index is 2.33. The van der Waals surface area contributed by atoms with Crippen molar-refractivity contribution in [2.24, 2.45) is 0 Å². The molecule has 0 atom stereocenters. The number of aldehydes is 1. The van der Waals surface area contributed by atoms with Gasteiger partial charge in [0.05, 0.1) is 17.9 Å². The largest absolute Gasteiger partial charge is 0.298 e. The number of hydrogen-bond donors (Lipinski definition) is 0. The third-order valence-corrected chi connectivity index (χ3v) is 5.10. The van der Waals surface area contributed by atoms with Crippen LogP contribution in [0.3, 0.4) is 0 Å². The number of carbonyl (C=O) groups is 1. The molecular weight excluding hydrogens is 352 g/mol. The van der Waals surface area contributed by atoms with Gasteiger partial charge in [0.2, 0.25) is 0 Å². The highest BCUT2D eigenvalue weighted by Crippen LogP contribution is 2.32. The second kappa shape index (κ2) is 5.56. The van der Waals surface area contributed by atoms with Crippen LogP contribution in [0.2, 0.25) is 0 Å². The number of thiophene rings is 1. The lowest BCUT2D eigenvalue weighted by atomic mass is 10.2. The zero-order chi connectivity index (χ0) is 14.0. The molecule has 0 fully saturated rings. The van der Waals surface area contributed by atoms with E-state index in [1.165, 1.54) is 22.3 Å². The van der Waals surface area contributed by atoms with Gasteiger partial charge in [-0.1, -0.05) is 0 Å². The summed E-state index contributed by atoms with van der Waals surface area (Å²) in [6.07, 6.45) is 3.47. The molecule has 8 heteroatoms. The Morgan fingerprint density at radius 3 is 2.74 bits per heavy atom. The average Bonchev–Trinajstić information content (AvgIpc) is 2.91. The molecule has 0 bridgehead atoms. The highest BCUT2D eigenvalue weighted by Gasteiger charge is 2.14. The van der Waals surface area contributed by atoms with Crippen molar-refractivity contribution in [1.82, 2.24) is 9.78 Å². The zero-order valence-corrected chi connectivity index (χ0v) is 13.3. The van der Waals surface area contributed by atoms with E-state index in [9.17, 15) is 13.2 Å². The van der Waals surface area contributed by atoms with Crippen LogP contribution in [0.15, 0.2) is 21.4 Å². The Morgan fingerprint density at radius 1 is 1.47 bits per heavy atom. The SMILES string of the molecule is CS(=O)(=O)CCn1cc(C=O)c(-c2cscc2Br)n1. The van der Waals surface area contributed by atoms with E-state index >= 15 is 0 Å². The summed E-state index contributed by atoms with van der Waals surface area (Å²) in [6.45, 7) is 0.238. The lowest BCUT2D eigenvalue weighted by Gasteiger charge is -1.99. The van der Waals surface area contributed by atoms with Crippen LogP contribution in [-0.4, -0.2) is 36.5 Å². The smallest absolute Gasteiger partial charge is 0.153 e. The number of aromatic nitrogens is 2. The van der Waals surface area contributed by atoms with Crippen molar-refractivity contribution in [2.45, 2.75) is 6.54 Å². The zero-order valence-electron chi connectivity index (χ0n) is 10.0. The van der Waals surface area contributed by atoms with Crippen molar-refractivity contribution in [1.29, 1.82) is 0 Å². The number of rotatable bonds is 5. The van der Waals surface area contributed by atoms with Gasteiger partial charge in [0.25, 0.3) is 0 Å². The molecule has 2 aromatic rings. The van der Waals surface area contributed by atoms with Gasteiger partial charge in [-0.25, -0.2) is 8.42 Å². The Kier molecular flexibility index (Phi) is 4.22. The molecule has 0 saturated heterocycles. The van der Waals surface area contributed by atoms with E-state index < -0.39 is 9.84 Å². The molecular formula is C11H11BrN2O3S2. The molecule has 102 valence electrons. The second-order valence-electron chi connectivity index (χ2n) is 4.08. The topological polar surface area (TPSA) is 69.0 Å². The van der Waals surface area contributed by atoms with E-state index in [1.807, 2.05) is 10.8 Å². The maximum Gasteiger partial charge on any atom is 0.153 e. The van der Waals surface area contributed by atoms with Crippen molar-refractivity contribution >= 4 is 43.4 Å². The molecule has 2 aromatic heterocycles. The third-order valence-electron chi connectivity index (χ3n) is 2.48. The maximum absolute atomic E-state index is 11.1. The van der Waals surface area contributed by atoms with Crippen LogP contribution >= 0.6 is 27.3 Å². The summed E-state index contributed by atoms with van der Waals surface area (Å²) in [7, 11) is -3.05. The first-order chi connectivity index (χ1) is 8.90. The van der Waals surface area contributed by atoms with Crippen LogP contribution in [0.25, 0.3) is 11.3 Å². The van der Waals surface area contributed by atoms with Crippen molar-refractivity contribution in [3.8, 4) is 11.3 Å². The van der Waals surface area contributed by atoms with E-state index in [-0.39, 0.29) is 12.3 Å². The molecule has 0 unspecified atom stereocenters. The molecule has 0 aliphatic carbocycles. The minimum Gasteiger partial charge on any atom is -0.298 e. The van der Waals surface area contributed by atoms with Crippen LogP contribution in [0, 0.1) is 0 Å². The summed E-state index contributed by atoms with van der Waals surface area (Å²) in [6, 6.07) is 0. The minimum absolute atomic E-state index is 0.00275. The monoisotopic (exact) mass is 362 g/mol. The van der Waals surface area contributed by atoms with Crippen LogP contribution in [-0.2, 0) is 16.4 Å². The fourth-order valence-electron chi connectivity index (χ4n) is 1.56. The molecule has 2 heterocycles. The van der Waals surface area contributed by atoms with Crippen LogP contribution in [0.1, 0.15) is 10.4 Å². The number of halogens is 1. The molecule has 0 radical (unpaired) electrons. The summed E-state index contributed by atoms with van der Waals surface area (Å²) in [4.78, 5) is 11.1. The predicted octanol–water partition coefficient (Wildman–Crippen LogP) is 2.23. The molecule has 0 aliphatic heterocycles. The van der Waals surface area contributed by atoms with Crippen molar-refractivity contribution in [2.75, 3.05) is 12.0 Å². The van der Waals surface area contributed by atoms with E-state index in [0.717, 1.165) is 16.3 Å². The molecule has 0 aromatic carbocycles. The van der Waals surface area contributed by atoms with Crippen molar-refractivity contribution in [3.63, 3.8) is 0 Å². The number of carbonyl (C=O) groups excluding carboxylic acids is 1. The molecule has 0 N–H and O–H groups in total. The van der Waals surface area contributed by atoms with Gasteiger partial charge in [0.1, 0.15) is 15.5 Å². The Bertz CT molecular complexity index is 703. The molecule has 0 aliphatic rings. The van der Waals surface area contributed by atoms with E-state index in [4.69, 9.17) is 0 Å². The molecule has 2 rings (SSSR count). The van der Waals surface area contributed by atoms with Crippen molar-refractivity contribution < 1.29 is 13.2 Å². The Hall–Kier alpha value is -0.990.